The molecule has 2 heteroatoms. The number of hydrogen-bond acceptors (Lipinski definition) is 2. The summed E-state index contributed by atoms with van der Waals surface area (Å²) in [4.78, 5) is 0. The lowest BCUT2D eigenvalue weighted by atomic mass is 9.84. The Bertz CT molecular complexity index is 1220. The minimum atomic E-state index is -1.27. The van der Waals surface area contributed by atoms with Crippen molar-refractivity contribution in [2.45, 2.75) is 12.0 Å². The summed E-state index contributed by atoms with van der Waals surface area (Å²) in [6, 6.07) is 38.2. The molecule has 2 nitrogen and oxygen atoms in total. The average molecular weight is 390 g/mol. The van der Waals surface area contributed by atoms with Gasteiger partial charge in [-0.2, -0.15) is 0 Å². The Labute approximate surface area is 176 Å². The highest BCUT2D eigenvalue weighted by Gasteiger charge is 2.35. The van der Waals surface area contributed by atoms with E-state index in [1.165, 1.54) is 0 Å². The molecule has 1 heterocycles. The van der Waals surface area contributed by atoms with Crippen molar-refractivity contribution >= 4 is 11.0 Å². The van der Waals surface area contributed by atoms with Crippen LogP contribution >= 0.6 is 0 Å². The van der Waals surface area contributed by atoms with Gasteiger partial charge in [0, 0.05) is 11.8 Å². The first-order valence-corrected chi connectivity index (χ1v) is 10.1. The first kappa shape index (κ1) is 18.4. The van der Waals surface area contributed by atoms with Crippen LogP contribution in [-0.4, -0.2) is 5.11 Å². The van der Waals surface area contributed by atoms with Gasteiger partial charge in [-0.05, 0) is 34.4 Å². The Morgan fingerprint density at radius 2 is 1.23 bits per heavy atom. The van der Waals surface area contributed by atoms with Crippen molar-refractivity contribution in [2.24, 2.45) is 0 Å². The highest BCUT2D eigenvalue weighted by Crippen LogP contribution is 2.37. The summed E-state index contributed by atoms with van der Waals surface area (Å²) >= 11 is 0. The molecule has 1 N–H and O–H groups in total. The Hall–Kier alpha value is -3.62. The molecule has 1 atom stereocenters. The molecule has 0 aliphatic rings. The third-order valence-corrected chi connectivity index (χ3v) is 5.61. The predicted octanol–water partition coefficient (Wildman–Crippen LogP) is 6.58. The molecule has 4 aromatic carbocycles. The Kier molecular flexibility index (Phi) is 4.70. The number of aliphatic hydroxyl groups is 1. The molecule has 0 aliphatic carbocycles. The third kappa shape index (κ3) is 3.42. The van der Waals surface area contributed by atoms with E-state index in [4.69, 9.17) is 4.42 Å². The zero-order chi connectivity index (χ0) is 20.4. The van der Waals surface area contributed by atoms with Crippen LogP contribution < -0.4 is 0 Å². The second kappa shape index (κ2) is 7.66. The largest absolute Gasteiger partial charge is 0.458 e. The molecule has 0 saturated carbocycles. The molecule has 0 fully saturated rings. The van der Waals surface area contributed by atoms with E-state index in [0.717, 1.165) is 33.2 Å². The summed E-state index contributed by atoms with van der Waals surface area (Å²) in [7, 11) is 0. The Morgan fingerprint density at radius 1 is 0.633 bits per heavy atom. The quantitative estimate of drug-likeness (QED) is 0.368. The molecule has 0 radical (unpaired) electrons. The fourth-order valence-corrected chi connectivity index (χ4v) is 3.98. The second-order valence-corrected chi connectivity index (χ2v) is 7.61. The van der Waals surface area contributed by atoms with Gasteiger partial charge in [-0.3, -0.25) is 0 Å². The van der Waals surface area contributed by atoms with Gasteiger partial charge in [0.25, 0.3) is 0 Å². The van der Waals surface area contributed by atoms with Crippen molar-refractivity contribution in [3.05, 3.63) is 132 Å². The van der Waals surface area contributed by atoms with Crippen molar-refractivity contribution in [2.75, 3.05) is 0 Å². The number of fused-ring (bicyclic) bond motifs is 1. The van der Waals surface area contributed by atoms with Crippen LogP contribution in [0.2, 0.25) is 0 Å². The van der Waals surface area contributed by atoms with Crippen LogP contribution in [0.4, 0.5) is 0 Å². The number of para-hydroxylation sites is 1. The molecule has 5 rings (SSSR count). The summed E-state index contributed by atoms with van der Waals surface area (Å²) < 4.78 is 6.12. The molecule has 0 amide bonds. The summed E-state index contributed by atoms with van der Waals surface area (Å²) in [5.41, 5.74) is 3.64. The SMILES string of the molecule is OC(Cc1ccccc1)(c1ccc(-c2ccccc2)cc1)c1cc2ccccc2o1. The van der Waals surface area contributed by atoms with Crippen molar-refractivity contribution in [1.29, 1.82) is 0 Å². The molecule has 0 spiro atoms. The van der Waals surface area contributed by atoms with Crippen molar-refractivity contribution < 1.29 is 9.52 Å². The Morgan fingerprint density at radius 3 is 1.93 bits per heavy atom. The van der Waals surface area contributed by atoms with E-state index in [0.29, 0.717) is 12.2 Å². The first-order chi connectivity index (χ1) is 14.7. The third-order valence-electron chi connectivity index (χ3n) is 5.61. The second-order valence-electron chi connectivity index (χ2n) is 7.61. The minimum absolute atomic E-state index is 0.429. The number of hydrogen-bond donors (Lipinski definition) is 1. The van der Waals surface area contributed by atoms with Crippen molar-refractivity contribution in [3.63, 3.8) is 0 Å². The zero-order valence-corrected chi connectivity index (χ0v) is 16.5. The van der Waals surface area contributed by atoms with Gasteiger partial charge in [-0.15, -0.1) is 0 Å². The standard InChI is InChI=1S/C28H22O2/c29-28(20-21-9-3-1-4-10-21,27-19-24-13-7-8-14-26(24)30-27)25-17-15-23(16-18-25)22-11-5-2-6-12-22/h1-19,29H,20H2. The molecule has 5 aromatic rings. The fourth-order valence-electron chi connectivity index (χ4n) is 3.98. The number of furan rings is 1. The molecule has 1 aromatic heterocycles. The maximum absolute atomic E-state index is 12.0. The van der Waals surface area contributed by atoms with E-state index < -0.39 is 5.60 Å². The lowest BCUT2D eigenvalue weighted by Gasteiger charge is -2.27. The molecule has 30 heavy (non-hydrogen) atoms. The van der Waals surface area contributed by atoms with Gasteiger partial charge >= 0.3 is 0 Å². The topological polar surface area (TPSA) is 33.4 Å². The molecule has 0 saturated heterocycles. The molecule has 0 bridgehead atoms. The van der Waals surface area contributed by atoms with Crippen molar-refractivity contribution in [1.82, 2.24) is 0 Å². The van der Waals surface area contributed by atoms with E-state index in [1.54, 1.807) is 0 Å². The van der Waals surface area contributed by atoms with Crippen LogP contribution in [-0.2, 0) is 12.0 Å². The summed E-state index contributed by atoms with van der Waals surface area (Å²) in [5.74, 6) is 0.556. The molecular weight excluding hydrogens is 368 g/mol. The molecule has 0 aliphatic heterocycles. The lowest BCUT2D eigenvalue weighted by molar-refractivity contribution is 0.0587. The smallest absolute Gasteiger partial charge is 0.151 e. The fraction of sp³-hybridized carbons (Fsp3) is 0.0714. The van der Waals surface area contributed by atoms with Crippen LogP contribution in [0, 0.1) is 0 Å². The van der Waals surface area contributed by atoms with Crippen LogP contribution in [0.3, 0.4) is 0 Å². The predicted molar refractivity (Wildman–Crippen MR) is 121 cm³/mol. The Balaban J connectivity index is 1.60. The lowest BCUT2D eigenvalue weighted by Crippen LogP contribution is -2.29. The van der Waals surface area contributed by atoms with E-state index >= 15 is 0 Å². The maximum atomic E-state index is 12.0. The van der Waals surface area contributed by atoms with Crippen LogP contribution in [0.25, 0.3) is 22.1 Å². The van der Waals surface area contributed by atoms with Gasteiger partial charge in [0.15, 0.2) is 5.60 Å². The van der Waals surface area contributed by atoms with E-state index in [1.807, 2.05) is 91.0 Å². The highest BCUT2D eigenvalue weighted by atomic mass is 16.4. The minimum Gasteiger partial charge on any atom is -0.458 e. The summed E-state index contributed by atoms with van der Waals surface area (Å²) in [6.45, 7) is 0. The molecular formula is C28H22O2. The monoisotopic (exact) mass is 390 g/mol. The van der Waals surface area contributed by atoms with Crippen LogP contribution in [0.15, 0.2) is 120 Å². The van der Waals surface area contributed by atoms with Gasteiger partial charge in [0.1, 0.15) is 11.3 Å². The van der Waals surface area contributed by atoms with Crippen molar-refractivity contribution in [3.8, 4) is 11.1 Å². The maximum Gasteiger partial charge on any atom is 0.151 e. The highest BCUT2D eigenvalue weighted by molar-refractivity contribution is 5.78. The number of rotatable bonds is 5. The summed E-state index contributed by atoms with van der Waals surface area (Å²) in [5, 5.41) is 13.0. The van der Waals surface area contributed by atoms with E-state index in [2.05, 4.69) is 24.3 Å². The zero-order valence-electron chi connectivity index (χ0n) is 16.5. The summed E-state index contributed by atoms with van der Waals surface area (Å²) in [6.07, 6.45) is 0.429. The van der Waals surface area contributed by atoms with Gasteiger partial charge in [0.05, 0.1) is 0 Å². The van der Waals surface area contributed by atoms with Gasteiger partial charge in [-0.1, -0.05) is 103 Å². The van der Waals surface area contributed by atoms with E-state index in [9.17, 15) is 5.11 Å². The van der Waals surface area contributed by atoms with Crippen LogP contribution in [0.1, 0.15) is 16.9 Å². The van der Waals surface area contributed by atoms with Gasteiger partial charge in [0.2, 0.25) is 0 Å². The first-order valence-electron chi connectivity index (χ1n) is 10.1. The molecule has 1 unspecified atom stereocenters. The molecule has 146 valence electrons. The van der Waals surface area contributed by atoms with Gasteiger partial charge < -0.3 is 9.52 Å². The normalized spacial score (nSPS) is 13.2. The van der Waals surface area contributed by atoms with Gasteiger partial charge in [-0.25, -0.2) is 0 Å². The van der Waals surface area contributed by atoms with E-state index in [-0.39, 0.29) is 0 Å². The number of benzene rings is 4. The average Bonchev–Trinajstić information content (AvgIpc) is 3.26. The van der Waals surface area contributed by atoms with Crippen LogP contribution in [0.5, 0.6) is 0 Å².